The molecule has 0 aliphatic carbocycles. The third-order valence-electron chi connectivity index (χ3n) is 5.20. The number of carbonyl (C=O) groups is 1. The third kappa shape index (κ3) is 5.03. The Balaban J connectivity index is 1.94. The quantitative estimate of drug-likeness (QED) is 0.556. The SMILES string of the molecule is CNC(=O)[C@H](c1ccccc1)N(CCCc1ccccc1F)c1ccc(F)c(C)c1. The highest BCUT2D eigenvalue weighted by Crippen LogP contribution is 2.29. The molecule has 1 amide bonds. The molecule has 0 saturated carbocycles. The number of benzene rings is 3. The van der Waals surface area contributed by atoms with E-state index in [9.17, 15) is 13.6 Å². The minimum Gasteiger partial charge on any atom is -0.357 e. The zero-order valence-electron chi connectivity index (χ0n) is 17.2. The Morgan fingerprint density at radius 2 is 1.67 bits per heavy atom. The molecule has 3 nitrogen and oxygen atoms in total. The van der Waals surface area contributed by atoms with Crippen molar-refractivity contribution in [3.63, 3.8) is 0 Å². The zero-order valence-corrected chi connectivity index (χ0v) is 17.2. The fourth-order valence-corrected chi connectivity index (χ4v) is 3.60. The Hall–Kier alpha value is -3.21. The molecule has 0 spiro atoms. The first-order valence-corrected chi connectivity index (χ1v) is 10.0. The number of carbonyl (C=O) groups excluding carboxylic acids is 1. The summed E-state index contributed by atoms with van der Waals surface area (Å²) in [6.45, 7) is 2.21. The Bertz CT molecular complexity index is 991. The summed E-state index contributed by atoms with van der Waals surface area (Å²) in [5, 5.41) is 2.74. The Morgan fingerprint density at radius 3 is 2.33 bits per heavy atom. The number of aryl methyl sites for hydroxylation is 2. The Morgan fingerprint density at radius 1 is 0.967 bits per heavy atom. The van der Waals surface area contributed by atoms with Gasteiger partial charge < -0.3 is 10.2 Å². The van der Waals surface area contributed by atoms with Gasteiger partial charge in [-0.25, -0.2) is 8.78 Å². The van der Waals surface area contributed by atoms with E-state index in [-0.39, 0.29) is 17.5 Å². The number of hydrogen-bond donors (Lipinski definition) is 1. The number of halogens is 2. The first-order valence-electron chi connectivity index (χ1n) is 10.0. The van der Waals surface area contributed by atoms with Gasteiger partial charge in [0.2, 0.25) is 5.91 Å². The van der Waals surface area contributed by atoms with E-state index in [1.807, 2.05) is 41.3 Å². The van der Waals surface area contributed by atoms with E-state index >= 15 is 0 Å². The molecule has 156 valence electrons. The second-order valence-electron chi connectivity index (χ2n) is 7.25. The number of anilines is 1. The van der Waals surface area contributed by atoms with E-state index < -0.39 is 6.04 Å². The van der Waals surface area contributed by atoms with Crippen molar-refractivity contribution in [2.24, 2.45) is 0 Å². The van der Waals surface area contributed by atoms with Crippen LogP contribution in [0.3, 0.4) is 0 Å². The molecule has 0 aliphatic rings. The van der Waals surface area contributed by atoms with Gasteiger partial charge in [0.1, 0.15) is 17.7 Å². The minimum absolute atomic E-state index is 0.158. The number of amides is 1. The number of rotatable bonds is 8. The molecule has 0 fully saturated rings. The molecule has 0 saturated heterocycles. The maximum atomic E-state index is 14.0. The van der Waals surface area contributed by atoms with Crippen molar-refractivity contribution in [2.45, 2.75) is 25.8 Å². The summed E-state index contributed by atoms with van der Waals surface area (Å²) in [4.78, 5) is 14.8. The fourth-order valence-electron chi connectivity index (χ4n) is 3.60. The van der Waals surface area contributed by atoms with Crippen molar-refractivity contribution < 1.29 is 13.6 Å². The number of hydrogen-bond acceptors (Lipinski definition) is 2. The number of likely N-dealkylation sites (N-methyl/N-ethyl adjacent to an activating group) is 1. The molecule has 0 unspecified atom stereocenters. The molecule has 5 heteroatoms. The summed E-state index contributed by atoms with van der Waals surface area (Å²) < 4.78 is 27.9. The lowest BCUT2D eigenvalue weighted by Crippen LogP contribution is -2.40. The van der Waals surface area contributed by atoms with Crippen LogP contribution in [-0.2, 0) is 11.2 Å². The monoisotopic (exact) mass is 408 g/mol. The van der Waals surface area contributed by atoms with Gasteiger partial charge in [-0.3, -0.25) is 4.79 Å². The summed E-state index contributed by atoms with van der Waals surface area (Å²) in [5.41, 5.74) is 2.74. The van der Waals surface area contributed by atoms with Crippen molar-refractivity contribution in [2.75, 3.05) is 18.5 Å². The van der Waals surface area contributed by atoms with Crippen molar-refractivity contribution in [1.29, 1.82) is 0 Å². The van der Waals surface area contributed by atoms with E-state index in [1.165, 1.54) is 12.1 Å². The lowest BCUT2D eigenvalue weighted by Gasteiger charge is -2.33. The van der Waals surface area contributed by atoms with Crippen molar-refractivity contribution in [3.8, 4) is 0 Å². The average Bonchev–Trinajstić information content (AvgIpc) is 2.76. The van der Waals surface area contributed by atoms with Gasteiger partial charge in [0, 0.05) is 19.3 Å². The summed E-state index contributed by atoms with van der Waals surface area (Å²) in [6, 6.07) is 20.5. The van der Waals surface area contributed by atoms with E-state index in [4.69, 9.17) is 0 Å². The molecule has 0 radical (unpaired) electrons. The van der Waals surface area contributed by atoms with Crippen LogP contribution in [-0.4, -0.2) is 19.5 Å². The maximum Gasteiger partial charge on any atom is 0.247 e. The van der Waals surface area contributed by atoms with Crippen LogP contribution in [0.15, 0.2) is 72.8 Å². The van der Waals surface area contributed by atoms with E-state index in [0.29, 0.717) is 30.5 Å². The smallest absolute Gasteiger partial charge is 0.247 e. The van der Waals surface area contributed by atoms with Crippen LogP contribution in [0.2, 0.25) is 0 Å². The molecule has 1 N–H and O–H groups in total. The summed E-state index contributed by atoms with van der Waals surface area (Å²) in [6.07, 6.45) is 1.18. The molecule has 0 aliphatic heterocycles. The molecular weight excluding hydrogens is 382 g/mol. The average molecular weight is 408 g/mol. The van der Waals surface area contributed by atoms with E-state index in [1.54, 1.807) is 38.2 Å². The number of nitrogens with one attached hydrogen (secondary N) is 1. The highest BCUT2D eigenvalue weighted by atomic mass is 19.1. The Kier molecular flexibility index (Phi) is 7.17. The van der Waals surface area contributed by atoms with Gasteiger partial charge in [-0.2, -0.15) is 0 Å². The molecule has 0 bridgehead atoms. The van der Waals surface area contributed by atoms with Crippen molar-refractivity contribution in [1.82, 2.24) is 5.32 Å². The fraction of sp³-hybridized carbons (Fsp3) is 0.240. The number of nitrogens with zero attached hydrogens (tertiary/aromatic N) is 1. The lowest BCUT2D eigenvalue weighted by molar-refractivity contribution is -0.122. The lowest BCUT2D eigenvalue weighted by atomic mass is 10.0. The normalized spacial score (nSPS) is 11.7. The van der Waals surface area contributed by atoms with Crippen LogP contribution in [0.25, 0.3) is 0 Å². The second kappa shape index (κ2) is 10.0. The van der Waals surface area contributed by atoms with E-state index in [0.717, 1.165) is 11.3 Å². The van der Waals surface area contributed by atoms with Crippen molar-refractivity contribution in [3.05, 3.63) is 101 Å². The molecule has 3 rings (SSSR count). The van der Waals surface area contributed by atoms with Crippen LogP contribution >= 0.6 is 0 Å². The van der Waals surface area contributed by atoms with Gasteiger partial charge in [0.15, 0.2) is 0 Å². The zero-order chi connectivity index (χ0) is 21.5. The first-order chi connectivity index (χ1) is 14.5. The van der Waals surface area contributed by atoms with Gasteiger partial charge in [0.25, 0.3) is 0 Å². The van der Waals surface area contributed by atoms with E-state index in [2.05, 4.69) is 5.32 Å². The van der Waals surface area contributed by atoms with Gasteiger partial charge in [-0.05, 0) is 60.7 Å². The molecular formula is C25H26F2N2O. The second-order valence-corrected chi connectivity index (χ2v) is 7.25. The molecule has 3 aromatic carbocycles. The molecule has 3 aromatic rings. The molecule has 0 aromatic heterocycles. The summed E-state index contributed by atoms with van der Waals surface area (Å²) in [7, 11) is 1.60. The van der Waals surface area contributed by atoms with Crippen LogP contribution in [0, 0.1) is 18.6 Å². The predicted molar refractivity (Wildman–Crippen MR) is 116 cm³/mol. The minimum atomic E-state index is -0.582. The highest BCUT2D eigenvalue weighted by molar-refractivity contribution is 5.86. The molecule has 1 atom stereocenters. The predicted octanol–water partition coefficient (Wildman–Crippen LogP) is 5.20. The summed E-state index contributed by atoms with van der Waals surface area (Å²) in [5.74, 6) is -0.678. The largest absolute Gasteiger partial charge is 0.357 e. The third-order valence-corrected chi connectivity index (χ3v) is 5.20. The van der Waals surface area contributed by atoms with Crippen LogP contribution in [0.4, 0.5) is 14.5 Å². The maximum absolute atomic E-state index is 14.0. The summed E-state index contributed by atoms with van der Waals surface area (Å²) >= 11 is 0. The van der Waals surface area contributed by atoms with Crippen LogP contribution in [0.5, 0.6) is 0 Å². The molecule has 30 heavy (non-hydrogen) atoms. The van der Waals surface area contributed by atoms with Crippen LogP contribution < -0.4 is 10.2 Å². The van der Waals surface area contributed by atoms with Gasteiger partial charge in [-0.15, -0.1) is 0 Å². The molecule has 0 heterocycles. The van der Waals surface area contributed by atoms with Gasteiger partial charge in [0.05, 0.1) is 0 Å². The first kappa shape index (κ1) is 21.5. The van der Waals surface area contributed by atoms with Gasteiger partial charge in [-0.1, -0.05) is 48.5 Å². The Labute approximate surface area is 176 Å². The van der Waals surface area contributed by atoms with Crippen molar-refractivity contribution >= 4 is 11.6 Å². The van der Waals surface area contributed by atoms with Gasteiger partial charge >= 0.3 is 0 Å². The highest BCUT2D eigenvalue weighted by Gasteiger charge is 2.27. The van der Waals surface area contributed by atoms with Crippen LogP contribution in [0.1, 0.15) is 29.2 Å². The topological polar surface area (TPSA) is 32.3 Å². The standard InChI is InChI=1S/C25H26F2N2O/c1-18-17-21(14-15-22(18)26)29(16-8-12-19-9-6-7-13-23(19)27)24(25(30)28-2)20-10-4-3-5-11-20/h3-7,9-11,13-15,17,24H,8,12,16H2,1-2H3,(H,28,30)/t24-/m0/s1.